The number of hydrogen-bond acceptors (Lipinski definition) is 4. The van der Waals surface area contributed by atoms with Crippen molar-refractivity contribution in [2.75, 3.05) is 11.9 Å². The summed E-state index contributed by atoms with van der Waals surface area (Å²) in [6.07, 6.45) is 7.23. The maximum atomic E-state index is 11.9. The first-order valence-corrected chi connectivity index (χ1v) is 8.31. The Morgan fingerprint density at radius 1 is 0.917 bits per heavy atom. The van der Waals surface area contributed by atoms with E-state index in [0.29, 0.717) is 0 Å². The van der Waals surface area contributed by atoms with Gasteiger partial charge in [-0.15, -0.1) is 0 Å². The third-order valence-corrected chi connectivity index (χ3v) is 3.78. The summed E-state index contributed by atoms with van der Waals surface area (Å²) in [6, 6.07) is 6.21. The smallest absolute Gasteiger partial charge is 0.325 e. The van der Waals surface area contributed by atoms with Crippen LogP contribution in [0.2, 0.25) is 0 Å². The van der Waals surface area contributed by atoms with Crippen LogP contribution < -0.4 is 5.32 Å². The van der Waals surface area contributed by atoms with E-state index in [9.17, 15) is 14.4 Å². The number of nitrogens with one attached hydrogen (secondary N) is 1. The summed E-state index contributed by atoms with van der Waals surface area (Å²) in [7, 11) is 0. The van der Waals surface area contributed by atoms with Crippen molar-refractivity contribution in [1.82, 2.24) is 0 Å². The molecule has 0 unspecified atom stereocenters. The van der Waals surface area contributed by atoms with E-state index < -0.39 is 23.6 Å². The summed E-state index contributed by atoms with van der Waals surface area (Å²) in [5, 5.41) is 20.9. The number of carbonyl (C=O) groups excluding carboxylic acids is 1. The molecule has 0 atom stereocenters. The number of anilines is 1. The second-order valence-electron chi connectivity index (χ2n) is 5.75. The standard InChI is InChI=1S/C18H25NO5/c1-2-3-4-5-6-7-12-19-14-10-8-13(9-11-14)16(20)15(17(21)22)18(23)24/h8-11,15,19H,2-7,12H2,1H3,(H,21,22)(H,23,24). The molecule has 0 amide bonds. The van der Waals surface area contributed by atoms with Crippen molar-refractivity contribution in [3.05, 3.63) is 29.8 Å². The van der Waals surface area contributed by atoms with Crippen LogP contribution in [0.3, 0.4) is 0 Å². The molecule has 0 aromatic heterocycles. The van der Waals surface area contributed by atoms with Crippen LogP contribution in [0.5, 0.6) is 0 Å². The van der Waals surface area contributed by atoms with Crippen molar-refractivity contribution in [3.63, 3.8) is 0 Å². The van der Waals surface area contributed by atoms with Gasteiger partial charge in [0.1, 0.15) is 0 Å². The molecule has 0 aliphatic heterocycles. The van der Waals surface area contributed by atoms with Crippen molar-refractivity contribution in [2.45, 2.75) is 45.4 Å². The topological polar surface area (TPSA) is 104 Å². The molecule has 0 saturated carbocycles. The zero-order valence-corrected chi connectivity index (χ0v) is 14.0. The number of ketones is 1. The lowest BCUT2D eigenvalue weighted by Gasteiger charge is -2.09. The molecule has 6 heteroatoms. The molecule has 0 aliphatic rings. The minimum absolute atomic E-state index is 0.0786. The molecule has 0 bridgehead atoms. The van der Waals surface area contributed by atoms with Gasteiger partial charge in [-0.3, -0.25) is 14.4 Å². The monoisotopic (exact) mass is 335 g/mol. The van der Waals surface area contributed by atoms with Crippen LogP contribution in [0.4, 0.5) is 5.69 Å². The van der Waals surface area contributed by atoms with Crippen LogP contribution in [0.15, 0.2) is 24.3 Å². The first-order chi connectivity index (χ1) is 11.5. The fourth-order valence-electron chi connectivity index (χ4n) is 2.39. The van der Waals surface area contributed by atoms with Gasteiger partial charge in [0.05, 0.1) is 0 Å². The van der Waals surface area contributed by atoms with E-state index in [0.717, 1.165) is 18.7 Å². The number of benzene rings is 1. The highest BCUT2D eigenvalue weighted by atomic mass is 16.4. The molecule has 1 aromatic rings. The predicted octanol–water partition coefficient (Wildman–Crippen LogP) is 3.43. The van der Waals surface area contributed by atoms with E-state index in [4.69, 9.17) is 10.2 Å². The highest BCUT2D eigenvalue weighted by molar-refractivity contribution is 6.20. The molecule has 132 valence electrons. The van der Waals surface area contributed by atoms with Crippen LogP contribution >= 0.6 is 0 Å². The van der Waals surface area contributed by atoms with Crippen LogP contribution in [0.1, 0.15) is 55.8 Å². The highest BCUT2D eigenvalue weighted by Gasteiger charge is 2.34. The lowest BCUT2D eigenvalue weighted by atomic mass is 9.97. The summed E-state index contributed by atoms with van der Waals surface area (Å²) >= 11 is 0. The fraction of sp³-hybridized carbons (Fsp3) is 0.500. The number of carbonyl (C=O) groups is 3. The maximum Gasteiger partial charge on any atom is 0.325 e. The van der Waals surface area contributed by atoms with Gasteiger partial charge in [0.2, 0.25) is 5.92 Å². The van der Waals surface area contributed by atoms with E-state index in [1.54, 1.807) is 12.1 Å². The normalized spacial score (nSPS) is 10.6. The number of carboxylic acid groups (broad SMARTS) is 2. The molecule has 0 aliphatic carbocycles. The van der Waals surface area contributed by atoms with Crippen LogP contribution in [0, 0.1) is 5.92 Å². The predicted molar refractivity (Wildman–Crippen MR) is 91.4 cm³/mol. The van der Waals surface area contributed by atoms with E-state index in [-0.39, 0.29) is 5.56 Å². The van der Waals surface area contributed by atoms with Crippen molar-refractivity contribution in [1.29, 1.82) is 0 Å². The molecule has 0 heterocycles. The summed E-state index contributed by atoms with van der Waals surface area (Å²) < 4.78 is 0. The first kappa shape index (κ1) is 19.7. The number of unbranched alkanes of at least 4 members (excludes halogenated alkanes) is 5. The van der Waals surface area contributed by atoms with E-state index in [1.807, 2.05) is 0 Å². The SMILES string of the molecule is CCCCCCCCNc1ccc(C(=O)C(C(=O)O)C(=O)O)cc1. The summed E-state index contributed by atoms with van der Waals surface area (Å²) in [6.45, 7) is 3.01. The molecule has 3 N–H and O–H groups in total. The Balaban J connectivity index is 2.46. The van der Waals surface area contributed by atoms with Crippen LogP contribution in [0.25, 0.3) is 0 Å². The molecule has 0 saturated heterocycles. The fourth-order valence-corrected chi connectivity index (χ4v) is 2.39. The Morgan fingerprint density at radius 2 is 1.46 bits per heavy atom. The minimum atomic E-state index is -2.06. The number of Topliss-reactive ketones (excluding diaryl/α,β-unsaturated/α-hetero) is 1. The van der Waals surface area contributed by atoms with E-state index in [1.165, 1.54) is 44.2 Å². The quantitative estimate of drug-likeness (QED) is 0.307. The third kappa shape index (κ3) is 6.40. The Morgan fingerprint density at radius 3 is 2.00 bits per heavy atom. The zero-order valence-electron chi connectivity index (χ0n) is 14.0. The van der Waals surface area contributed by atoms with Gasteiger partial charge in [-0.1, -0.05) is 39.0 Å². The maximum absolute atomic E-state index is 11.9. The van der Waals surface area contributed by atoms with Crippen LogP contribution in [-0.4, -0.2) is 34.5 Å². The molecular formula is C18H25NO5. The molecule has 0 spiro atoms. The Labute approximate surface area is 141 Å². The molecular weight excluding hydrogens is 310 g/mol. The van der Waals surface area contributed by atoms with Crippen molar-refractivity contribution < 1.29 is 24.6 Å². The van der Waals surface area contributed by atoms with Gasteiger partial charge in [-0.05, 0) is 30.7 Å². The second kappa shape index (κ2) is 10.4. The molecule has 24 heavy (non-hydrogen) atoms. The van der Waals surface area contributed by atoms with Crippen LogP contribution in [-0.2, 0) is 9.59 Å². The Bertz CT molecular complexity index is 539. The van der Waals surface area contributed by atoms with Gasteiger partial charge in [0.15, 0.2) is 5.78 Å². The average Bonchev–Trinajstić information content (AvgIpc) is 2.54. The average molecular weight is 335 g/mol. The molecule has 1 rings (SSSR count). The summed E-state index contributed by atoms with van der Waals surface area (Å²) in [5.74, 6) is -6.29. The number of hydrogen-bond donors (Lipinski definition) is 3. The lowest BCUT2D eigenvalue weighted by Crippen LogP contribution is -2.31. The Hall–Kier alpha value is -2.37. The third-order valence-electron chi connectivity index (χ3n) is 3.78. The number of carboxylic acids is 2. The van der Waals surface area contributed by atoms with Gasteiger partial charge in [0, 0.05) is 17.8 Å². The van der Waals surface area contributed by atoms with Gasteiger partial charge < -0.3 is 15.5 Å². The van der Waals surface area contributed by atoms with E-state index >= 15 is 0 Å². The van der Waals surface area contributed by atoms with Gasteiger partial charge in [-0.2, -0.15) is 0 Å². The van der Waals surface area contributed by atoms with Crippen molar-refractivity contribution >= 4 is 23.4 Å². The van der Waals surface area contributed by atoms with Gasteiger partial charge in [-0.25, -0.2) is 0 Å². The highest BCUT2D eigenvalue weighted by Crippen LogP contribution is 2.15. The summed E-state index contributed by atoms with van der Waals surface area (Å²) in [4.78, 5) is 33.7. The zero-order chi connectivity index (χ0) is 17.9. The summed E-state index contributed by atoms with van der Waals surface area (Å²) in [5.41, 5.74) is 0.900. The molecule has 6 nitrogen and oxygen atoms in total. The minimum Gasteiger partial charge on any atom is -0.480 e. The van der Waals surface area contributed by atoms with Crippen molar-refractivity contribution in [2.24, 2.45) is 5.92 Å². The number of aliphatic carboxylic acids is 2. The first-order valence-electron chi connectivity index (χ1n) is 8.31. The number of rotatable bonds is 12. The van der Waals surface area contributed by atoms with E-state index in [2.05, 4.69) is 12.2 Å². The lowest BCUT2D eigenvalue weighted by molar-refractivity contribution is -0.151. The van der Waals surface area contributed by atoms with Gasteiger partial charge >= 0.3 is 11.9 Å². The van der Waals surface area contributed by atoms with Gasteiger partial charge in [0.25, 0.3) is 0 Å². The Kier molecular flexibility index (Phi) is 8.54. The van der Waals surface area contributed by atoms with Crippen molar-refractivity contribution in [3.8, 4) is 0 Å². The second-order valence-corrected chi connectivity index (χ2v) is 5.75. The molecule has 0 radical (unpaired) electrons. The molecule has 0 fully saturated rings. The molecule has 1 aromatic carbocycles. The largest absolute Gasteiger partial charge is 0.480 e.